The van der Waals surface area contributed by atoms with Crippen LogP contribution in [0.15, 0.2) is 24.3 Å². The van der Waals surface area contributed by atoms with Gasteiger partial charge in [-0.25, -0.2) is 0 Å². The molecule has 0 aliphatic heterocycles. The van der Waals surface area contributed by atoms with Crippen molar-refractivity contribution >= 4 is 0 Å². The van der Waals surface area contributed by atoms with Gasteiger partial charge in [-0.3, -0.25) is 0 Å². The van der Waals surface area contributed by atoms with Gasteiger partial charge >= 0.3 is 0 Å². The molecule has 0 aromatic heterocycles. The summed E-state index contributed by atoms with van der Waals surface area (Å²) in [5, 5.41) is 3.77. The normalized spacial score (nSPS) is 24.0. The molecule has 1 heteroatoms. The molecule has 1 unspecified atom stereocenters. The van der Waals surface area contributed by atoms with Gasteiger partial charge in [0.1, 0.15) is 0 Å². The Kier molecular flexibility index (Phi) is 6.76. The molecular formula is C20H33N. The highest BCUT2D eigenvalue weighted by Crippen LogP contribution is 2.38. The molecule has 21 heavy (non-hydrogen) atoms. The van der Waals surface area contributed by atoms with E-state index < -0.39 is 0 Å². The molecule has 1 nitrogen and oxygen atoms in total. The fraction of sp³-hybridized carbons (Fsp3) is 0.700. The van der Waals surface area contributed by atoms with Crippen molar-refractivity contribution in [2.24, 2.45) is 11.8 Å². The summed E-state index contributed by atoms with van der Waals surface area (Å²) >= 11 is 0. The third-order valence-corrected chi connectivity index (χ3v) is 5.21. The van der Waals surface area contributed by atoms with Crippen molar-refractivity contribution in [1.29, 1.82) is 0 Å². The van der Waals surface area contributed by atoms with Crippen LogP contribution in [0.25, 0.3) is 0 Å². The molecule has 118 valence electrons. The third-order valence-electron chi connectivity index (χ3n) is 5.21. The first-order valence-corrected chi connectivity index (χ1v) is 9.10. The predicted molar refractivity (Wildman–Crippen MR) is 92.6 cm³/mol. The lowest BCUT2D eigenvalue weighted by atomic mass is 9.76. The van der Waals surface area contributed by atoms with Crippen molar-refractivity contribution in [2.45, 2.75) is 71.8 Å². The highest BCUT2D eigenvalue weighted by molar-refractivity contribution is 5.27. The zero-order valence-electron chi connectivity index (χ0n) is 14.2. The van der Waals surface area contributed by atoms with E-state index in [1.54, 1.807) is 0 Å². The summed E-state index contributed by atoms with van der Waals surface area (Å²) in [6, 6.07) is 9.87. The van der Waals surface area contributed by atoms with Gasteiger partial charge in [0.05, 0.1) is 0 Å². The van der Waals surface area contributed by atoms with Crippen LogP contribution in [0, 0.1) is 11.8 Å². The molecule has 0 amide bonds. The molecule has 1 saturated carbocycles. The average Bonchev–Trinajstić information content (AvgIpc) is 2.53. The van der Waals surface area contributed by atoms with Crippen LogP contribution in [0.4, 0.5) is 0 Å². The average molecular weight is 287 g/mol. The van der Waals surface area contributed by atoms with Gasteiger partial charge in [0, 0.05) is 6.04 Å². The van der Waals surface area contributed by atoms with E-state index in [0.717, 1.165) is 18.4 Å². The minimum absolute atomic E-state index is 0.560. The zero-order valence-corrected chi connectivity index (χ0v) is 14.2. The maximum Gasteiger partial charge on any atom is 0.0348 e. The van der Waals surface area contributed by atoms with E-state index in [4.69, 9.17) is 0 Å². The van der Waals surface area contributed by atoms with Crippen molar-refractivity contribution in [3.8, 4) is 0 Å². The van der Waals surface area contributed by atoms with Crippen molar-refractivity contribution in [3.05, 3.63) is 35.4 Å². The Bertz CT molecular complexity index is 404. The Balaban J connectivity index is 2.09. The zero-order chi connectivity index (χ0) is 15.1. The molecule has 2 rings (SSSR count). The van der Waals surface area contributed by atoms with E-state index >= 15 is 0 Å². The first kappa shape index (κ1) is 16.5. The van der Waals surface area contributed by atoms with E-state index in [0.29, 0.717) is 6.04 Å². The molecular weight excluding hydrogens is 254 g/mol. The molecule has 1 aliphatic rings. The van der Waals surface area contributed by atoms with Gasteiger partial charge in [-0.05, 0) is 48.8 Å². The summed E-state index contributed by atoms with van der Waals surface area (Å²) in [6.45, 7) is 7.92. The predicted octanol–water partition coefficient (Wildman–Crippen LogP) is 5.51. The summed E-state index contributed by atoms with van der Waals surface area (Å²) in [5.41, 5.74) is 3.02. The Morgan fingerprint density at radius 2 is 1.86 bits per heavy atom. The van der Waals surface area contributed by atoms with Crippen LogP contribution in [0.3, 0.4) is 0 Å². The number of nitrogens with one attached hydrogen (secondary N) is 1. The molecule has 1 aliphatic carbocycles. The van der Waals surface area contributed by atoms with Crippen LogP contribution in [-0.2, 0) is 6.42 Å². The second-order valence-electron chi connectivity index (χ2n) is 6.72. The summed E-state index contributed by atoms with van der Waals surface area (Å²) < 4.78 is 0. The van der Waals surface area contributed by atoms with Crippen LogP contribution in [0.1, 0.15) is 76.5 Å². The summed E-state index contributed by atoms with van der Waals surface area (Å²) in [6.07, 6.45) is 9.45. The molecule has 0 bridgehead atoms. The van der Waals surface area contributed by atoms with Gasteiger partial charge in [-0.15, -0.1) is 0 Å². The van der Waals surface area contributed by atoms with Crippen LogP contribution in [-0.4, -0.2) is 6.54 Å². The standard InChI is InChI=1S/C20H33N/c1-4-8-17-9-7-10-19(15-17)20(21-6-3)18-13-11-16(5-2)12-14-18/h7,9-10,15-16,18,20-21H,4-6,8,11-14H2,1-3H3. The maximum absolute atomic E-state index is 3.77. The lowest BCUT2D eigenvalue weighted by Crippen LogP contribution is -2.31. The highest BCUT2D eigenvalue weighted by atomic mass is 14.9. The molecule has 1 aromatic carbocycles. The molecule has 0 heterocycles. The van der Waals surface area contributed by atoms with Gasteiger partial charge in [-0.1, -0.05) is 70.7 Å². The van der Waals surface area contributed by atoms with Crippen molar-refractivity contribution in [1.82, 2.24) is 5.32 Å². The summed E-state index contributed by atoms with van der Waals surface area (Å²) in [4.78, 5) is 0. The quantitative estimate of drug-likeness (QED) is 0.697. The third kappa shape index (κ3) is 4.57. The molecule has 1 atom stereocenters. The van der Waals surface area contributed by atoms with Crippen LogP contribution in [0.2, 0.25) is 0 Å². The lowest BCUT2D eigenvalue weighted by Gasteiger charge is -2.34. The van der Waals surface area contributed by atoms with Gasteiger partial charge in [0.25, 0.3) is 0 Å². The second kappa shape index (κ2) is 8.58. The molecule has 1 aromatic rings. The number of rotatable bonds is 7. The van der Waals surface area contributed by atoms with Gasteiger partial charge in [0.15, 0.2) is 0 Å². The summed E-state index contributed by atoms with van der Waals surface area (Å²) in [7, 11) is 0. The lowest BCUT2D eigenvalue weighted by molar-refractivity contribution is 0.220. The van der Waals surface area contributed by atoms with Crippen LogP contribution in [0.5, 0.6) is 0 Å². The van der Waals surface area contributed by atoms with Crippen LogP contribution >= 0.6 is 0 Å². The Hall–Kier alpha value is -0.820. The number of benzene rings is 1. The number of hydrogen-bond acceptors (Lipinski definition) is 1. The maximum atomic E-state index is 3.77. The topological polar surface area (TPSA) is 12.0 Å². The second-order valence-corrected chi connectivity index (χ2v) is 6.72. The highest BCUT2D eigenvalue weighted by Gasteiger charge is 2.27. The van der Waals surface area contributed by atoms with E-state index in [1.165, 1.54) is 56.1 Å². The minimum atomic E-state index is 0.560. The van der Waals surface area contributed by atoms with Gasteiger partial charge in [0.2, 0.25) is 0 Å². The monoisotopic (exact) mass is 287 g/mol. The van der Waals surface area contributed by atoms with Crippen molar-refractivity contribution in [3.63, 3.8) is 0 Å². The summed E-state index contributed by atoms with van der Waals surface area (Å²) in [5.74, 6) is 1.81. The fourth-order valence-electron chi connectivity index (χ4n) is 3.94. The number of aryl methyl sites for hydroxylation is 1. The molecule has 1 fully saturated rings. The van der Waals surface area contributed by atoms with Gasteiger partial charge in [-0.2, -0.15) is 0 Å². The van der Waals surface area contributed by atoms with Gasteiger partial charge < -0.3 is 5.32 Å². The Morgan fingerprint density at radius 3 is 2.48 bits per heavy atom. The molecule has 1 N–H and O–H groups in total. The molecule has 0 radical (unpaired) electrons. The first-order chi connectivity index (χ1) is 10.3. The SMILES string of the molecule is CCCc1cccc(C(NCC)C2CCC(CC)CC2)c1. The van der Waals surface area contributed by atoms with Crippen molar-refractivity contribution < 1.29 is 0 Å². The van der Waals surface area contributed by atoms with Crippen LogP contribution < -0.4 is 5.32 Å². The van der Waals surface area contributed by atoms with Crippen molar-refractivity contribution in [2.75, 3.05) is 6.54 Å². The first-order valence-electron chi connectivity index (χ1n) is 9.10. The van der Waals surface area contributed by atoms with E-state index in [1.807, 2.05) is 0 Å². The smallest absolute Gasteiger partial charge is 0.0348 e. The van der Waals surface area contributed by atoms with E-state index in [-0.39, 0.29) is 0 Å². The Labute approximate surface area is 131 Å². The van der Waals surface area contributed by atoms with E-state index in [9.17, 15) is 0 Å². The fourth-order valence-corrected chi connectivity index (χ4v) is 3.94. The molecule has 0 spiro atoms. The Morgan fingerprint density at radius 1 is 1.10 bits per heavy atom. The molecule has 0 saturated heterocycles. The minimum Gasteiger partial charge on any atom is -0.310 e. The van der Waals surface area contributed by atoms with E-state index in [2.05, 4.69) is 50.4 Å². The largest absolute Gasteiger partial charge is 0.310 e. The number of hydrogen-bond donors (Lipinski definition) is 1.